The molecule has 1 fully saturated rings. The quantitative estimate of drug-likeness (QED) is 0.353. The molecule has 10 nitrogen and oxygen atoms in total. The number of aryl methyl sites for hydroxylation is 1. The van der Waals surface area contributed by atoms with Crippen molar-refractivity contribution in [3.05, 3.63) is 65.2 Å². The van der Waals surface area contributed by atoms with Gasteiger partial charge in [-0.3, -0.25) is 14.3 Å². The summed E-state index contributed by atoms with van der Waals surface area (Å²) in [6.07, 6.45) is 5.64. The Hall–Kier alpha value is -4.30. The minimum atomic E-state index is -0.405. The fourth-order valence-corrected chi connectivity index (χ4v) is 4.57. The Morgan fingerprint density at radius 2 is 2.18 bits per heavy atom. The maximum absolute atomic E-state index is 13.6. The number of benzene rings is 1. The standard InChI is InChI=1S/C27H31FN8O2/c1-35-17-20(15-33-35)25-19(14-30)13-23(26(34-25)31-10-8-18-4-2-5-21(28)12-18)27(38)32-16-22-6-7-24(37)36(22)11-3-9-29/h2,4-5,12-13,15,17,22H,3,6-11,16,29H2,1H3,(H,31,34)(H,32,38)/t22-/m1/s1. The predicted molar refractivity (Wildman–Crippen MR) is 140 cm³/mol. The first-order chi connectivity index (χ1) is 18.4. The fourth-order valence-electron chi connectivity index (χ4n) is 4.57. The number of halogens is 1. The Morgan fingerprint density at radius 1 is 1.34 bits per heavy atom. The molecule has 11 heteroatoms. The molecule has 0 radical (unpaired) electrons. The number of hydrogen-bond acceptors (Lipinski definition) is 7. The smallest absolute Gasteiger partial charge is 0.255 e. The highest BCUT2D eigenvalue weighted by molar-refractivity contribution is 6.00. The number of nitrogens with zero attached hydrogens (tertiary/aromatic N) is 5. The molecular formula is C27H31FN8O2. The van der Waals surface area contributed by atoms with Crippen LogP contribution < -0.4 is 16.4 Å². The van der Waals surface area contributed by atoms with Gasteiger partial charge < -0.3 is 21.3 Å². The minimum Gasteiger partial charge on any atom is -0.369 e. The molecule has 1 saturated heterocycles. The number of amides is 2. The summed E-state index contributed by atoms with van der Waals surface area (Å²) < 4.78 is 15.2. The second-order valence-electron chi connectivity index (χ2n) is 9.23. The number of anilines is 1. The summed E-state index contributed by atoms with van der Waals surface area (Å²) in [7, 11) is 1.76. The molecule has 0 unspecified atom stereocenters. The van der Waals surface area contributed by atoms with E-state index in [0.717, 1.165) is 5.56 Å². The first kappa shape index (κ1) is 26.8. The highest BCUT2D eigenvalue weighted by Gasteiger charge is 2.31. The van der Waals surface area contributed by atoms with E-state index < -0.39 is 5.91 Å². The molecule has 1 atom stereocenters. The number of aromatic nitrogens is 3. The van der Waals surface area contributed by atoms with Gasteiger partial charge in [-0.2, -0.15) is 10.4 Å². The van der Waals surface area contributed by atoms with Gasteiger partial charge in [0.25, 0.3) is 5.91 Å². The molecule has 0 aliphatic carbocycles. The van der Waals surface area contributed by atoms with Gasteiger partial charge in [0.1, 0.15) is 17.7 Å². The van der Waals surface area contributed by atoms with Crippen LogP contribution in [0.2, 0.25) is 0 Å². The molecule has 3 aromatic rings. The van der Waals surface area contributed by atoms with Gasteiger partial charge in [-0.15, -0.1) is 0 Å². The predicted octanol–water partition coefficient (Wildman–Crippen LogP) is 2.22. The number of rotatable bonds is 11. The molecule has 1 aromatic carbocycles. The van der Waals surface area contributed by atoms with E-state index in [4.69, 9.17) is 5.73 Å². The summed E-state index contributed by atoms with van der Waals surface area (Å²) in [5.74, 6) is -0.354. The zero-order valence-electron chi connectivity index (χ0n) is 21.3. The number of likely N-dealkylation sites (tertiary alicyclic amines) is 1. The lowest BCUT2D eigenvalue weighted by Gasteiger charge is -2.25. The van der Waals surface area contributed by atoms with Gasteiger partial charge in [0.2, 0.25) is 5.91 Å². The maximum atomic E-state index is 13.6. The molecule has 38 heavy (non-hydrogen) atoms. The van der Waals surface area contributed by atoms with Crippen LogP contribution in [0.5, 0.6) is 0 Å². The second-order valence-corrected chi connectivity index (χ2v) is 9.23. The molecule has 3 heterocycles. The minimum absolute atomic E-state index is 0.0617. The number of hydrogen-bond donors (Lipinski definition) is 3. The molecule has 2 aromatic heterocycles. The van der Waals surface area contributed by atoms with Crippen LogP contribution in [-0.2, 0) is 18.3 Å². The van der Waals surface area contributed by atoms with Crippen LogP contribution in [0, 0.1) is 17.1 Å². The van der Waals surface area contributed by atoms with E-state index in [1.807, 2.05) is 6.07 Å². The topological polar surface area (TPSA) is 142 Å². The van der Waals surface area contributed by atoms with E-state index in [1.165, 1.54) is 18.2 Å². The summed E-state index contributed by atoms with van der Waals surface area (Å²) in [6.45, 7) is 1.71. The van der Waals surface area contributed by atoms with Gasteiger partial charge in [-0.05, 0) is 49.6 Å². The molecule has 4 N–H and O–H groups in total. The number of carbonyl (C=O) groups excluding carboxylic acids is 2. The average Bonchev–Trinajstić information content (AvgIpc) is 3.50. The lowest BCUT2D eigenvalue weighted by Crippen LogP contribution is -2.42. The molecule has 4 rings (SSSR count). The van der Waals surface area contributed by atoms with Crippen LogP contribution in [-0.4, -0.2) is 63.7 Å². The Bertz CT molecular complexity index is 1350. The number of nitriles is 1. The van der Waals surface area contributed by atoms with E-state index >= 15 is 0 Å². The lowest BCUT2D eigenvalue weighted by molar-refractivity contribution is -0.128. The first-order valence-corrected chi connectivity index (χ1v) is 12.6. The van der Waals surface area contributed by atoms with Crippen molar-refractivity contribution in [2.75, 3.05) is 31.5 Å². The van der Waals surface area contributed by atoms with Crippen LogP contribution >= 0.6 is 0 Å². The third-order valence-electron chi connectivity index (χ3n) is 6.51. The van der Waals surface area contributed by atoms with Crippen molar-refractivity contribution in [1.82, 2.24) is 25.0 Å². The van der Waals surface area contributed by atoms with E-state index in [0.29, 0.717) is 62.4 Å². The molecule has 0 saturated carbocycles. The van der Waals surface area contributed by atoms with Gasteiger partial charge in [0.05, 0.1) is 23.0 Å². The molecule has 198 valence electrons. The van der Waals surface area contributed by atoms with E-state index in [-0.39, 0.29) is 35.4 Å². The second kappa shape index (κ2) is 12.3. The average molecular weight is 519 g/mol. The number of carbonyl (C=O) groups is 2. The van der Waals surface area contributed by atoms with Gasteiger partial charge >= 0.3 is 0 Å². The summed E-state index contributed by atoms with van der Waals surface area (Å²) in [5, 5.41) is 20.1. The van der Waals surface area contributed by atoms with E-state index in [2.05, 4.69) is 26.8 Å². The SMILES string of the molecule is Cn1cc(-c2nc(NCCc3cccc(F)c3)c(C(=O)NC[C@H]3CCC(=O)N3CCCN)cc2C#N)cn1. The normalized spacial score (nSPS) is 14.9. The van der Waals surface area contributed by atoms with Crippen LogP contribution in [0.4, 0.5) is 10.2 Å². The number of pyridine rings is 1. The van der Waals surface area contributed by atoms with Crippen LogP contribution in [0.15, 0.2) is 42.7 Å². The van der Waals surface area contributed by atoms with Gasteiger partial charge in [-0.25, -0.2) is 9.37 Å². The Labute approximate surface area is 220 Å². The molecule has 0 spiro atoms. The molecule has 1 aliphatic rings. The molecule has 2 amide bonds. The van der Waals surface area contributed by atoms with Crippen molar-refractivity contribution in [2.45, 2.75) is 31.7 Å². The van der Waals surface area contributed by atoms with Crippen LogP contribution in [0.3, 0.4) is 0 Å². The van der Waals surface area contributed by atoms with E-state index in [9.17, 15) is 19.2 Å². The van der Waals surface area contributed by atoms with Crippen molar-refractivity contribution in [3.63, 3.8) is 0 Å². The molecule has 1 aliphatic heterocycles. The van der Waals surface area contributed by atoms with Gasteiger partial charge in [0.15, 0.2) is 0 Å². The van der Waals surface area contributed by atoms with Gasteiger partial charge in [-0.1, -0.05) is 12.1 Å². The highest BCUT2D eigenvalue weighted by Crippen LogP contribution is 2.26. The third kappa shape index (κ3) is 6.33. The van der Waals surface area contributed by atoms with Crippen molar-refractivity contribution >= 4 is 17.6 Å². The number of nitrogens with one attached hydrogen (secondary N) is 2. The Balaban J connectivity index is 1.56. The maximum Gasteiger partial charge on any atom is 0.255 e. The van der Waals surface area contributed by atoms with Crippen molar-refractivity contribution < 1.29 is 14.0 Å². The van der Waals surface area contributed by atoms with Crippen LogP contribution in [0.1, 0.15) is 40.7 Å². The van der Waals surface area contributed by atoms with Crippen molar-refractivity contribution in [3.8, 4) is 17.3 Å². The zero-order valence-corrected chi connectivity index (χ0v) is 21.3. The Kier molecular flexibility index (Phi) is 8.66. The largest absolute Gasteiger partial charge is 0.369 e. The Morgan fingerprint density at radius 3 is 2.89 bits per heavy atom. The third-order valence-corrected chi connectivity index (χ3v) is 6.51. The summed E-state index contributed by atoms with van der Waals surface area (Å²) in [4.78, 5) is 32.0. The zero-order chi connectivity index (χ0) is 27.1. The van der Waals surface area contributed by atoms with E-state index in [1.54, 1.807) is 35.1 Å². The fraction of sp³-hybridized carbons (Fsp3) is 0.370. The summed E-state index contributed by atoms with van der Waals surface area (Å²) >= 11 is 0. The lowest BCUT2D eigenvalue weighted by atomic mass is 10.1. The van der Waals surface area contributed by atoms with Gasteiger partial charge in [0, 0.05) is 50.9 Å². The summed E-state index contributed by atoms with van der Waals surface area (Å²) in [5.41, 5.74) is 7.90. The van der Waals surface area contributed by atoms with Crippen LogP contribution in [0.25, 0.3) is 11.3 Å². The molecular weight excluding hydrogens is 487 g/mol. The van der Waals surface area contributed by atoms with Crippen molar-refractivity contribution in [2.24, 2.45) is 12.8 Å². The highest BCUT2D eigenvalue weighted by atomic mass is 19.1. The molecule has 0 bridgehead atoms. The van der Waals surface area contributed by atoms with Crippen molar-refractivity contribution in [1.29, 1.82) is 5.26 Å². The first-order valence-electron chi connectivity index (χ1n) is 12.6. The summed E-state index contributed by atoms with van der Waals surface area (Å²) in [6, 6.07) is 9.86. The monoisotopic (exact) mass is 518 g/mol. The number of nitrogens with two attached hydrogens (primary N) is 1.